The Morgan fingerprint density at radius 2 is 0.432 bits per heavy atom. The fraction of sp³-hybridized carbons (Fsp3) is 1.00. The molecule has 0 saturated carbocycles. The number of hydrogen-bond acceptors (Lipinski definition) is 10. The Morgan fingerprint density at radius 3 is 0.486 bits per heavy atom. The first-order valence-corrected chi connectivity index (χ1v) is 16.2. The molecule has 0 rings (SSSR count). The summed E-state index contributed by atoms with van der Waals surface area (Å²) in [6.45, 7) is 29.0. The van der Waals surface area contributed by atoms with E-state index in [0.29, 0.717) is 0 Å². The van der Waals surface area contributed by atoms with Crippen LogP contribution in [0.3, 0.4) is 0 Å². The van der Waals surface area contributed by atoms with E-state index in [1.807, 2.05) is 83.1 Å². The fourth-order valence-electron chi connectivity index (χ4n) is 1.95. The zero-order valence-electron chi connectivity index (χ0n) is 26.4. The van der Waals surface area contributed by atoms with Gasteiger partial charge in [-0.1, -0.05) is 0 Å². The Hall–Kier alpha value is 0.748. The maximum absolute atomic E-state index is 9.99. The van der Waals surface area contributed by atoms with Crippen LogP contribution in [0.2, 0.25) is 0 Å². The maximum atomic E-state index is 9.99. The molecule has 0 aromatic heterocycles. The summed E-state index contributed by atoms with van der Waals surface area (Å²) in [7, 11) is -6.88. The summed E-state index contributed by atoms with van der Waals surface area (Å²) in [6, 6.07) is 0. The molecule has 0 amide bonds. The van der Waals surface area contributed by atoms with Crippen LogP contribution in [0.4, 0.5) is 0 Å². The van der Waals surface area contributed by atoms with Crippen molar-refractivity contribution in [2.75, 3.05) is 0 Å². The number of hydrogen-bond donors (Lipinski definition) is 4. The van der Waals surface area contributed by atoms with Crippen molar-refractivity contribution in [3.05, 3.63) is 0 Å². The summed E-state index contributed by atoms with van der Waals surface area (Å²) in [5, 5.41) is 16.1. The van der Waals surface area contributed by atoms with Gasteiger partial charge in [-0.05, 0) is 111 Å². The Bertz CT molecular complexity index is 380. The van der Waals surface area contributed by atoms with E-state index in [4.69, 9.17) is 36.8 Å². The van der Waals surface area contributed by atoms with Crippen molar-refractivity contribution in [2.45, 2.75) is 160 Å². The molecule has 0 spiro atoms. The molecule has 0 aromatic rings. The largest absolute Gasteiger partial charge is 0.677 e. The standard InChI is InChI=1S/2C9H22O4Si.2C3H8O.Ti/c2*1-7(2)11-14(10,12-8(3)4)13-9(5)6;2*1-3(2)4;/h2*7-10H,1-6H3;2*3-4H,1-2H3;. The Balaban J connectivity index is -0.000000140. The molecule has 13 heteroatoms. The van der Waals surface area contributed by atoms with Gasteiger partial charge in [0.1, 0.15) is 0 Å². The first-order valence-electron chi connectivity index (χ1n) is 12.8. The molecule has 0 aliphatic carbocycles. The van der Waals surface area contributed by atoms with Crippen molar-refractivity contribution < 1.29 is 68.1 Å². The van der Waals surface area contributed by atoms with Crippen LogP contribution in [0.15, 0.2) is 0 Å². The van der Waals surface area contributed by atoms with Crippen molar-refractivity contribution in [2.24, 2.45) is 0 Å². The molecule has 0 unspecified atom stereocenters. The minimum atomic E-state index is -3.44. The zero-order valence-corrected chi connectivity index (χ0v) is 29.9. The van der Waals surface area contributed by atoms with Gasteiger partial charge in [0.25, 0.3) is 0 Å². The van der Waals surface area contributed by atoms with Crippen molar-refractivity contribution in [1.82, 2.24) is 0 Å². The molecule has 0 radical (unpaired) electrons. The topological polar surface area (TPSA) is 136 Å². The minimum absolute atomic E-state index is 0. The second-order valence-electron chi connectivity index (χ2n) is 10.2. The van der Waals surface area contributed by atoms with E-state index in [1.165, 1.54) is 0 Å². The minimum Gasteiger partial charge on any atom is -0.394 e. The second kappa shape index (κ2) is 25.7. The van der Waals surface area contributed by atoms with E-state index >= 15 is 0 Å². The first-order chi connectivity index (χ1) is 16.0. The van der Waals surface area contributed by atoms with Gasteiger partial charge in [0, 0.05) is 70.5 Å². The molecule has 0 aliphatic rings. The van der Waals surface area contributed by atoms with Crippen molar-refractivity contribution in [3.8, 4) is 0 Å². The smallest absolute Gasteiger partial charge is 0.394 e. The molecule has 0 heterocycles. The van der Waals surface area contributed by atoms with Crippen LogP contribution in [0, 0.1) is 0 Å². The molecule has 0 aromatic carbocycles. The van der Waals surface area contributed by atoms with Crippen LogP contribution < -0.4 is 0 Å². The van der Waals surface area contributed by atoms with Crippen LogP contribution >= 0.6 is 0 Å². The van der Waals surface area contributed by atoms with Crippen LogP contribution in [-0.2, 0) is 48.3 Å². The SMILES string of the molecule is CC(C)O.CC(C)O.CC(C)O[Si](O)(OC(C)C)OC(C)C.CC(C)O[Si](O)(OC(C)C)OC(C)C.[Ti]. The zero-order chi connectivity index (χ0) is 29.9. The summed E-state index contributed by atoms with van der Waals surface area (Å²) >= 11 is 0. The summed E-state index contributed by atoms with van der Waals surface area (Å²) in [5.41, 5.74) is 0. The summed E-state index contributed by atoms with van der Waals surface area (Å²) in [4.78, 5) is 20.0. The van der Waals surface area contributed by atoms with Crippen molar-refractivity contribution >= 4 is 18.1 Å². The fourth-order valence-corrected chi connectivity index (χ4v) is 5.86. The third-order valence-electron chi connectivity index (χ3n) is 2.31. The van der Waals surface area contributed by atoms with E-state index in [0.717, 1.165) is 0 Å². The van der Waals surface area contributed by atoms with Gasteiger partial charge in [0.05, 0.1) is 0 Å². The summed E-state index contributed by atoms with van der Waals surface area (Å²) < 4.78 is 31.9. The Kier molecular flexibility index (Phi) is 33.0. The predicted molar refractivity (Wildman–Crippen MR) is 148 cm³/mol. The maximum Gasteiger partial charge on any atom is 0.677 e. The van der Waals surface area contributed by atoms with Crippen molar-refractivity contribution in [1.29, 1.82) is 0 Å². The number of aliphatic hydroxyl groups is 2. The van der Waals surface area contributed by atoms with Crippen LogP contribution in [-0.4, -0.2) is 86.7 Å². The number of aliphatic hydroxyl groups excluding tert-OH is 2. The Morgan fingerprint density at radius 1 is 0.351 bits per heavy atom. The van der Waals surface area contributed by atoms with Crippen LogP contribution in [0.1, 0.15) is 111 Å². The molecule has 37 heavy (non-hydrogen) atoms. The molecule has 228 valence electrons. The predicted octanol–water partition coefficient (Wildman–Crippen LogP) is 4.15. The Labute approximate surface area is 245 Å². The number of rotatable bonds is 12. The van der Waals surface area contributed by atoms with Crippen LogP contribution in [0.5, 0.6) is 0 Å². The second-order valence-corrected chi connectivity index (χ2v) is 13.7. The molecular weight excluding hydrogens is 552 g/mol. The molecule has 4 N–H and O–H groups in total. The molecule has 0 fully saturated rings. The molecule has 0 saturated heterocycles. The van der Waals surface area contributed by atoms with E-state index in [2.05, 4.69) is 0 Å². The van der Waals surface area contributed by atoms with E-state index in [1.54, 1.807) is 27.7 Å². The van der Waals surface area contributed by atoms with Gasteiger partial charge >= 0.3 is 18.1 Å². The average molecular weight is 613 g/mol. The molecule has 0 bridgehead atoms. The first kappa shape index (κ1) is 47.5. The molecule has 0 atom stereocenters. The summed E-state index contributed by atoms with van der Waals surface area (Å²) in [5.74, 6) is 0. The van der Waals surface area contributed by atoms with Gasteiger partial charge < -0.3 is 46.4 Å². The van der Waals surface area contributed by atoms with Crippen molar-refractivity contribution in [3.63, 3.8) is 0 Å². The van der Waals surface area contributed by atoms with E-state index < -0.39 is 18.1 Å². The van der Waals surface area contributed by atoms with Gasteiger partial charge in [0.15, 0.2) is 0 Å². The van der Waals surface area contributed by atoms with Crippen LogP contribution in [0.25, 0.3) is 0 Å². The average Bonchev–Trinajstić information content (AvgIpc) is 2.47. The molecule has 10 nitrogen and oxygen atoms in total. The molecular formula is C24H60O10Si2Ti. The van der Waals surface area contributed by atoms with Gasteiger partial charge in [0.2, 0.25) is 0 Å². The third-order valence-corrected chi connectivity index (χ3v) is 6.92. The van der Waals surface area contributed by atoms with Gasteiger partial charge in [-0.25, -0.2) is 0 Å². The van der Waals surface area contributed by atoms with Gasteiger partial charge in [-0.2, -0.15) is 0 Å². The van der Waals surface area contributed by atoms with E-state index in [-0.39, 0.29) is 70.5 Å². The van der Waals surface area contributed by atoms with E-state index in [9.17, 15) is 9.59 Å². The summed E-state index contributed by atoms with van der Waals surface area (Å²) in [6.07, 6.45) is -0.977. The normalized spacial score (nSPS) is 12.0. The van der Waals surface area contributed by atoms with Gasteiger partial charge in [-0.3, -0.25) is 0 Å². The quantitative estimate of drug-likeness (QED) is 0.238. The van der Waals surface area contributed by atoms with Gasteiger partial charge in [-0.15, -0.1) is 0 Å². The molecule has 0 aliphatic heterocycles. The third kappa shape index (κ3) is 46.9. The monoisotopic (exact) mass is 612 g/mol.